The SMILES string of the molecule is CSc1ccc(S(=O)(=O)NCCc2ccccc2)cc1C(=O)N1CCCC1. The minimum atomic E-state index is -3.66. The Morgan fingerprint density at radius 2 is 1.81 bits per heavy atom. The van der Waals surface area contributed by atoms with Gasteiger partial charge in [-0.1, -0.05) is 30.3 Å². The van der Waals surface area contributed by atoms with Gasteiger partial charge in [-0.2, -0.15) is 0 Å². The number of rotatable bonds is 7. The van der Waals surface area contributed by atoms with Gasteiger partial charge in [0.1, 0.15) is 0 Å². The van der Waals surface area contributed by atoms with E-state index in [4.69, 9.17) is 0 Å². The van der Waals surface area contributed by atoms with Crippen LogP contribution in [0.15, 0.2) is 58.3 Å². The predicted octanol–water partition coefficient (Wildman–Crippen LogP) is 3.17. The fourth-order valence-electron chi connectivity index (χ4n) is 3.17. The summed E-state index contributed by atoms with van der Waals surface area (Å²) in [5.74, 6) is -0.0850. The first-order valence-electron chi connectivity index (χ1n) is 9.02. The van der Waals surface area contributed by atoms with Crippen molar-refractivity contribution in [3.05, 3.63) is 59.7 Å². The van der Waals surface area contributed by atoms with Crippen molar-refractivity contribution in [2.24, 2.45) is 0 Å². The second-order valence-corrected chi connectivity index (χ2v) is 9.11. The fraction of sp³-hybridized carbons (Fsp3) is 0.350. The Kier molecular flexibility index (Phi) is 6.57. The number of thioether (sulfide) groups is 1. The van der Waals surface area contributed by atoms with E-state index in [2.05, 4.69) is 4.72 Å². The molecule has 0 aromatic heterocycles. The molecule has 2 aromatic carbocycles. The highest BCUT2D eigenvalue weighted by Crippen LogP contribution is 2.26. The molecule has 1 fully saturated rings. The van der Waals surface area contributed by atoms with Crippen LogP contribution in [-0.2, 0) is 16.4 Å². The molecule has 3 rings (SSSR count). The molecule has 1 heterocycles. The zero-order valence-corrected chi connectivity index (χ0v) is 17.0. The number of likely N-dealkylation sites (tertiary alicyclic amines) is 1. The van der Waals surface area contributed by atoms with Gasteiger partial charge in [-0.3, -0.25) is 4.79 Å². The summed E-state index contributed by atoms with van der Waals surface area (Å²) in [6.07, 6.45) is 4.50. The molecule has 5 nitrogen and oxygen atoms in total. The van der Waals surface area contributed by atoms with E-state index < -0.39 is 10.0 Å². The average molecular weight is 405 g/mol. The predicted molar refractivity (Wildman–Crippen MR) is 109 cm³/mol. The molecule has 0 aliphatic carbocycles. The molecule has 0 radical (unpaired) electrons. The maximum Gasteiger partial charge on any atom is 0.255 e. The average Bonchev–Trinajstić information content (AvgIpc) is 3.22. The highest BCUT2D eigenvalue weighted by Gasteiger charge is 2.24. The number of carbonyl (C=O) groups excluding carboxylic acids is 1. The van der Waals surface area contributed by atoms with E-state index in [1.807, 2.05) is 36.6 Å². The number of hydrogen-bond donors (Lipinski definition) is 1. The summed E-state index contributed by atoms with van der Waals surface area (Å²) in [5, 5.41) is 0. The van der Waals surface area contributed by atoms with Crippen molar-refractivity contribution in [1.82, 2.24) is 9.62 Å². The van der Waals surface area contributed by atoms with Crippen molar-refractivity contribution >= 4 is 27.7 Å². The molecule has 144 valence electrons. The Morgan fingerprint density at radius 1 is 1.11 bits per heavy atom. The molecule has 27 heavy (non-hydrogen) atoms. The lowest BCUT2D eigenvalue weighted by atomic mass is 10.2. The molecular weight excluding hydrogens is 380 g/mol. The molecule has 1 N–H and O–H groups in total. The van der Waals surface area contributed by atoms with Gasteiger partial charge in [0, 0.05) is 24.5 Å². The topological polar surface area (TPSA) is 66.5 Å². The summed E-state index contributed by atoms with van der Waals surface area (Å²) in [6.45, 7) is 1.78. The van der Waals surface area contributed by atoms with Gasteiger partial charge in [0.05, 0.1) is 10.5 Å². The van der Waals surface area contributed by atoms with Crippen LogP contribution < -0.4 is 4.72 Å². The van der Waals surface area contributed by atoms with Crippen molar-refractivity contribution in [3.63, 3.8) is 0 Å². The number of sulfonamides is 1. The Bertz CT molecular complexity index is 893. The molecule has 0 saturated carbocycles. The molecular formula is C20H24N2O3S2. The van der Waals surface area contributed by atoms with Crippen LogP contribution in [0.1, 0.15) is 28.8 Å². The normalized spacial score (nSPS) is 14.5. The first kappa shape index (κ1) is 19.9. The van der Waals surface area contributed by atoms with Gasteiger partial charge >= 0.3 is 0 Å². The zero-order valence-electron chi connectivity index (χ0n) is 15.3. The molecule has 1 amide bonds. The smallest absolute Gasteiger partial charge is 0.255 e. The number of carbonyl (C=O) groups is 1. The van der Waals surface area contributed by atoms with Crippen LogP contribution in [0.2, 0.25) is 0 Å². The van der Waals surface area contributed by atoms with E-state index in [-0.39, 0.29) is 10.8 Å². The molecule has 0 spiro atoms. The van der Waals surface area contributed by atoms with E-state index in [0.29, 0.717) is 18.5 Å². The van der Waals surface area contributed by atoms with Crippen LogP contribution in [0, 0.1) is 0 Å². The van der Waals surface area contributed by atoms with Gasteiger partial charge in [0.2, 0.25) is 10.0 Å². The number of nitrogens with one attached hydrogen (secondary N) is 1. The Labute approximate surface area is 165 Å². The zero-order chi connectivity index (χ0) is 19.3. The number of benzene rings is 2. The van der Waals surface area contributed by atoms with E-state index in [9.17, 15) is 13.2 Å². The highest BCUT2D eigenvalue weighted by atomic mass is 32.2. The molecule has 0 atom stereocenters. The third-order valence-electron chi connectivity index (χ3n) is 4.65. The summed E-state index contributed by atoms with van der Waals surface area (Å²) >= 11 is 1.45. The summed E-state index contributed by atoms with van der Waals surface area (Å²) in [6, 6.07) is 14.5. The van der Waals surface area contributed by atoms with Crippen molar-refractivity contribution in [2.75, 3.05) is 25.9 Å². The molecule has 1 saturated heterocycles. The second-order valence-electron chi connectivity index (χ2n) is 6.49. The van der Waals surface area contributed by atoms with Gasteiger partial charge in [-0.15, -0.1) is 11.8 Å². The monoisotopic (exact) mass is 404 g/mol. The quantitative estimate of drug-likeness (QED) is 0.720. The lowest BCUT2D eigenvalue weighted by Crippen LogP contribution is -2.29. The Balaban J connectivity index is 1.76. The van der Waals surface area contributed by atoms with Gasteiger partial charge < -0.3 is 4.90 Å². The molecule has 0 bridgehead atoms. The third-order valence-corrected chi connectivity index (χ3v) is 6.91. The van der Waals surface area contributed by atoms with Gasteiger partial charge in [-0.05, 0) is 49.3 Å². The van der Waals surface area contributed by atoms with Crippen molar-refractivity contribution < 1.29 is 13.2 Å². The lowest BCUT2D eigenvalue weighted by molar-refractivity contribution is 0.0789. The second kappa shape index (κ2) is 8.91. The minimum Gasteiger partial charge on any atom is -0.339 e. The van der Waals surface area contributed by atoms with Crippen LogP contribution in [0.5, 0.6) is 0 Å². The Hall–Kier alpha value is -1.83. The minimum absolute atomic E-state index is 0.0850. The standard InChI is InChI=1S/C20H24N2O3S2/c1-26-19-10-9-17(15-18(19)20(23)22-13-5-6-14-22)27(24,25)21-12-11-16-7-3-2-4-8-16/h2-4,7-10,15,21H,5-6,11-14H2,1H3. The summed E-state index contributed by atoms with van der Waals surface area (Å²) in [4.78, 5) is 15.5. The van der Waals surface area contributed by atoms with E-state index in [0.717, 1.165) is 36.4 Å². The number of hydrogen-bond acceptors (Lipinski definition) is 4. The van der Waals surface area contributed by atoms with Crippen LogP contribution in [0.25, 0.3) is 0 Å². The van der Waals surface area contributed by atoms with Crippen molar-refractivity contribution in [1.29, 1.82) is 0 Å². The summed E-state index contributed by atoms with van der Waals surface area (Å²) in [7, 11) is -3.66. The van der Waals surface area contributed by atoms with Crippen molar-refractivity contribution in [2.45, 2.75) is 29.1 Å². The van der Waals surface area contributed by atoms with E-state index >= 15 is 0 Å². The molecule has 1 aliphatic heterocycles. The summed E-state index contributed by atoms with van der Waals surface area (Å²) in [5.41, 5.74) is 1.54. The van der Waals surface area contributed by atoms with Crippen LogP contribution in [0.3, 0.4) is 0 Å². The van der Waals surface area contributed by atoms with Gasteiger partial charge in [0.15, 0.2) is 0 Å². The van der Waals surface area contributed by atoms with E-state index in [1.165, 1.54) is 17.8 Å². The molecule has 0 unspecified atom stereocenters. The van der Waals surface area contributed by atoms with Gasteiger partial charge in [0.25, 0.3) is 5.91 Å². The van der Waals surface area contributed by atoms with Gasteiger partial charge in [-0.25, -0.2) is 13.1 Å². The van der Waals surface area contributed by atoms with Crippen LogP contribution in [0.4, 0.5) is 0 Å². The maximum atomic E-state index is 12.8. The van der Waals surface area contributed by atoms with Crippen LogP contribution in [-0.4, -0.2) is 45.1 Å². The number of nitrogens with zero attached hydrogens (tertiary/aromatic N) is 1. The first-order valence-corrected chi connectivity index (χ1v) is 11.7. The number of amides is 1. The van der Waals surface area contributed by atoms with Crippen LogP contribution >= 0.6 is 11.8 Å². The first-order chi connectivity index (χ1) is 13.0. The molecule has 2 aromatic rings. The maximum absolute atomic E-state index is 12.8. The Morgan fingerprint density at radius 3 is 2.48 bits per heavy atom. The molecule has 7 heteroatoms. The largest absolute Gasteiger partial charge is 0.339 e. The highest BCUT2D eigenvalue weighted by molar-refractivity contribution is 7.98. The summed E-state index contributed by atoms with van der Waals surface area (Å²) < 4.78 is 28.0. The third kappa shape index (κ3) is 4.91. The molecule has 1 aliphatic rings. The van der Waals surface area contributed by atoms with Crippen molar-refractivity contribution in [3.8, 4) is 0 Å². The lowest BCUT2D eigenvalue weighted by Gasteiger charge is -2.18. The fourth-order valence-corrected chi connectivity index (χ4v) is 4.80. The van der Waals surface area contributed by atoms with E-state index in [1.54, 1.807) is 17.0 Å².